The van der Waals surface area contributed by atoms with Crippen molar-refractivity contribution in [3.05, 3.63) is 47.0 Å². The number of hydrogen-bond acceptors (Lipinski definition) is 4. The Hall–Kier alpha value is -2.12. The van der Waals surface area contributed by atoms with E-state index >= 15 is 0 Å². The number of piperidine rings is 1. The molecule has 7 heteroatoms. The molecule has 1 aromatic rings. The van der Waals surface area contributed by atoms with E-state index < -0.39 is 23.6 Å². The Balaban J connectivity index is 1.45. The second kappa shape index (κ2) is 12.7. The Bertz CT molecular complexity index is 923. The van der Waals surface area contributed by atoms with Crippen LogP contribution in [0.15, 0.2) is 34.8 Å². The zero-order valence-electron chi connectivity index (χ0n) is 21.6. The van der Waals surface area contributed by atoms with Crippen LogP contribution in [0, 0.1) is 29.4 Å². The summed E-state index contributed by atoms with van der Waals surface area (Å²) < 4.78 is 26.8. The summed E-state index contributed by atoms with van der Waals surface area (Å²) in [6.07, 6.45) is 8.07. The van der Waals surface area contributed by atoms with Crippen LogP contribution in [0.1, 0.15) is 58.4 Å². The van der Waals surface area contributed by atoms with Crippen LogP contribution in [0.4, 0.5) is 8.78 Å². The molecule has 0 spiro atoms. The Morgan fingerprint density at radius 1 is 1.20 bits per heavy atom. The third kappa shape index (κ3) is 7.94. The summed E-state index contributed by atoms with van der Waals surface area (Å²) in [5.41, 5.74) is 2.89. The van der Waals surface area contributed by atoms with Crippen LogP contribution in [0.25, 0.3) is 0 Å². The van der Waals surface area contributed by atoms with E-state index in [2.05, 4.69) is 28.2 Å². The molecule has 1 aromatic carbocycles. The molecular formula is C28H41F2N3O2. The lowest BCUT2D eigenvalue weighted by molar-refractivity contribution is -0.140. The van der Waals surface area contributed by atoms with Crippen LogP contribution in [0.3, 0.4) is 0 Å². The van der Waals surface area contributed by atoms with Crippen molar-refractivity contribution < 1.29 is 18.7 Å². The molecule has 0 radical (unpaired) electrons. The molecule has 0 aromatic heterocycles. The van der Waals surface area contributed by atoms with Gasteiger partial charge in [0, 0.05) is 31.8 Å². The summed E-state index contributed by atoms with van der Waals surface area (Å²) >= 11 is 0. The Morgan fingerprint density at radius 3 is 2.51 bits per heavy atom. The second-order valence-corrected chi connectivity index (χ2v) is 10.7. The average Bonchev–Trinajstić information content (AvgIpc) is 3.26. The normalized spacial score (nSPS) is 23.7. The Morgan fingerprint density at radius 2 is 1.91 bits per heavy atom. The van der Waals surface area contributed by atoms with Crippen LogP contribution in [-0.4, -0.2) is 60.5 Å². The number of hydrogen-bond donors (Lipinski definition) is 2. The molecule has 3 atom stereocenters. The van der Waals surface area contributed by atoms with Crippen molar-refractivity contribution in [3.8, 4) is 0 Å². The third-order valence-electron chi connectivity index (χ3n) is 7.69. The topological polar surface area (TPSA) is 64.9 Å². The number of nitrogens with zero attached hydrogens (tertiary/aromatic N) is 2. The predicted molar refractivity (Wildman–Crippen MR) is 137 cm³/mol. The fraction of sp³-hybridized carbons (Fsp3) is 0.643. The predicted octanol–water partition coefficient (Wildman–Crippen LogP) is 5.10. The van der Waals surface area contributed by atoms with Gasteiger partial charge < -0.3 is 15.3 Å². The minimum Gasteiger partial charge on any atom is -0.480 e. The number of carboxylic acids is 1. The molecule has 1 saturated heterocycles. The highest BCUT2D eigenvalue weighted by Gasteiger charge is 2.32. The van der Waals surface area contributed by atoms with Gasteiger partial charge in [-0.1, -0.05) is 25.5 Å². The number of benzene rings is 1. The first kappa shape index (κ1) is 27.5. The molecule has 0 bridgehead atoms. The SMILES string of the molecule is CN=C(/C=C(\C)C1CCN(CC2CCC(NC(C(=O)O)C(C)C)C2)CC1)Cc1ccc(F)c(F)c1. The van der Waals surface area contributed by atoms with Gasteiger partial charge in [-0.05, 0) is 93.6 Å². The van der Waals surface area contributed by atoms with E-state index in [1.54, 1.807) is 13.1 Å². The number of aliphatic carboxylic acids is 1. The van der Waals surface area contributed by atoms with Gasteiger partial charge in [-0.15, -0.1) is 0 Å². The lowest BCUT2D eigenvalue weighted by Gasteiger charge is -2.34. The van der Waals surface area contributed by atoms with E-state index in [1.165, 1.54) is 17.7 Å². The zero-order chi connectivity index (χ0) is 25.5. The summed E-state index contributed by atoms with van der Waals surface area (Å²) in [5.74, 6) is -1.19. The fourth-order valence-electron chi connectivity index (χ4n) is 5.57. The lowest BCUT2D eigenvalue weighted by Crippen LogP contribution is -2.45. The molecule has 2 fully saturated rings. The number of likely N-dealkylation sites (tertiary alicyclic amines) is 1. The summed E-state index contributed by atoms with van der Waals surface area (Å²) in [6, 6.07) is 3.85. The second-order valence-electron chi connectivity index (χ2n) is 10.7. The molecule has 1 aliphatic heterocycles. The van der Waals surface area contributed by atoms with E-state index in [4.69, 9.17) is 0 Å². The highest BCUT2D eigenvalue weighted by molar-refractivity contribution is 5.97. The monoisotopic (exact) mass is 489 g/mol. The van der Waals surface area contributed by atoms with Crippen LogP contribution in [0.5, 0.6) is 0 Å². The molecule has 5 nitrogen and oxygen atoms in total. The van der Waals surface area contributed by atoms with Gasteiger partial charge in [-0.25, -0.2) is 8.78 Å². The lowest BCUT2D eigenvalue weighted by atomic mass is 9.88. The molecular weight excluding hydrogens is 448 g/mol. The number of aliphatic imine (C=N–C) groups is 1. The van der Waals surface area contributed by atoms with E-state index in [1.807, 2.05) is 13.8 Å². The largest absolute Gasteiger partial charge is 0.480 e. The number of halogens is 2. The van der Waals surface area contributed by atoms with Crippen molar-refractivity contribution in [1.82, 2.24) is 10.2 Å². The minimum absolute atomic E-state index is 0.0806. The summed E-state index contributed by atoms with van der Waals surface area (Å²) in [4.78, 5) is 18.4. The van der Waals surface area contributed by atoms with Crippen LogP contribution in [-0.2, 0) is 11.2 Å². The number of allylic oxidation sites excluding steroid dienone is 2. The molecule has 2 N–H and O–H groups in total. The molecule has 194 valence electrons. The summed E-state index contributed by atoms with van der Waals surface area (Å²) in [5, 5.41) is 12.8. The summed E-state index contributed by atoms with van der Waals surface area (Å²) in [7, 11) is 1.74. The molecule has 3 unspecified atom stereocenters. The number of carbonyl (C=O) groups is 1. The maximum absolute atomic E-state index is 13.5. The van der Waals surface area contributed by atoms with Gasteiger partial charge >= 0.3 is 5.97 Å². The molecule has 0 amide bonds. The van der Waals surface area contributed by atoms with Crippen LogP contribution in [0.2, 0.25) is 0 Å². The standard InChI is InChI=1S/C28H41F2N3O2/c1-18(2)27(28(34)35)32-23-7-5-21(15-23)17-33-11-9-22(10-12-33)19(3)13-24(31-4)14-20-6-8-25(29)26(30)16-20/h6,8,13,16,18,21-23,27,32H,5,7,9-12,14-15,17H2,1-4H3,(H,34,35)/b19-13+,31-24?. The van der Waals surface area contributed by atoms with E-state index in [0.29, 0.717) is 24.3 Å². The minimum atomic E-state index is -0.827. The molecule has 35 heavy (non-hydrogen) atoms. The van der Waals surface area contributed by atoms with Crippen molar-refractivity contribution in [2.75, 3.05) is 26.7 Å². The van der Waals surface area contributed by atoms with Gasteiger partial charge in [0.1, 0.15) is 6.04 Å². The van der Waals surface area contributed by atoms with Gasteiger partial charge in [0.25, 0.3) is 0 Å². The molecule has 1 heterocycles. The zero-order valence-corrected chi connectivity index (χ0v) is 21.6. The van der Waals surface area contributed by atoms with Gasteiger partial charge in [0.15, 0.2) is 11.6 Å². The van der Waals surface area contributed by atoms with E-state index in [-0.39, 0.29) is 5.92 Å². The molecule has 3 rings (SSSR count). The summed E-state index contributed by atoms with van der Waals surface area (Å²) in [6.45, 7) is 9.28. The van der Waals surface area contributed by atoms with Crippen molar-refractivity contribution in [2.45, 2.75) is 71.4 Å². The first-order valence-electron chi connectivity index (χ1n) is 12.9. The van der Waals surface area contributed by atoms with Crippen molar-refractivity contribution >= 4 is 11.7 Å². The quantitative estimate of drug-likeness (QED) is 0.449. The van der Waals surface area contributed by atoms with Crippen LogP contribution < -0.4 is 5.32 Å². The third-order valence-corrected chi connectivity index (χ3v) is 7.69. The Kier molecular flexibility index (Phi) is 9.99. The number of nitrogens with one attached hydrogen (secondary N) is 1. The molecule has 1 aliphatic carbocycles. The van der Waals surface area contributed by atoms with Crippen molar-refractivity contribution in [2.24, 2.45) is 22.7 Å². The van der Waals surface area contributed by atoms with Gasteiger partial charge in [0.05, 0.1) is 0 Å². The van der Waals surface area contributed by atoms with Gasteiger partial charge in [-0.3, -0.25) is 9.79 Å². The van der Waals surface area contributed by atoms with Gasteiger partial charge in [0.2, 0.25) is 0 Å². The average molecular weight is 490 g/mol. The van der Waals surface area contributed by atoms with Crippen molar-refractivity contribution in [3.63, 3.8) is 0 Å². The van der Waals surface area contributed by atoms with Crippen LogP contribution >= 0.6 is 0 Å². The maximum atomic E-state index is 13.5. The number of rotatable bonds is 10. The maximum Gasteiger partial charge on any atom is 0.320 e. The first-order chi connectivity index (χ1) is 16.7. The van der Waals surface area contributed by atoms with Gasteiger partial charge in [-0.2, -0.15) is 0 Å². The van der Waals surface area contributed by atoms with E-state index in [0.717, 1.165) is 63.0 Å². The fourth-order valence-corrected chi connectivity index (χ4v) is 5.57. The van der Waals surface area contributed by atoms with Crippen molar-refractivity contribution in [1.29, 1.82) is 0 Å². The first-order valence-corrected chi connectivity index (χ1v) is 12.9. The smallest absolute Gasteiger partial charge is 0.320 e. The molecule has 2 aliphatic rings. The highest BCUT2D eigenvalue weighted by Crippen LogP contribution is 2.30. The highest BCUT2D eigenvalue weighted by atomic mass is 19.2. The van der Waals surface area contributed by atoms with E-state index in [9.17, 15) is 18.7 Å². The molecule has 1 saturated carbocycles. The Labute approximate surface area is 208 Å². The number of carboxylic acid groups (broad SMARTS) is 1.